The Morgan fingerprint density at radius 3 is 3.08 bits per heavy atom. The zero-order chi connectivity index (χ0) is 9.42. The summed E-state index contributed by atoms with van der Waals surface area (Å²) in [6.45, 7) is 2.32. The molecule has 70 valence electrons. The maximum absolute atomic E-state index is 13.4. The van der Waals surface area contributed by atoms with Gasteiger partial charge in [-0.15, -0.1) is 0 Å². The summed E-state index contributed by atoms with van der Waals surface area (Å²) in [5.74, 6) is -0.222. The summed E-state index contributed by atoms with van der Waals surface area (Å²) < 4.78 is 18.7. The van der Waals surface area contributed by atoms with E-state index < -0.39 is 0 Å². The predicted molar refractivity (Wildman–Crippen MR) is 47.6 cm³/mol. The highest BCUT2D eigenvalue weighted by Crippen LogP contribution is 2.29. The van der Waals surface area contributed by atoms with Crippen LogP contribution < -0.4 is 5.73 Å². The molecule has 2 N–H and O–H groups in total. The summed E-state index contributed by atoms with van der Waals surface area (Å²) in [7, 11) is 0. The second kappa shape index (κ2) is 3.09. The van der Waals surface area contributed by atoms with E-state index in [9.17, 15) is 4.39 Å². The minimum absolute atomic E-state index is 0.107. The second-order valence-electron chi connectivity index (χ2n) is 3.35. The number of halogens is 1. The number of hydrogen-bond donors (Lipinski definition) is 1. The van der Waals surface area contributed by atoms with E-state index in [4.69, 9.17) is 10.5 Å². The van der Waals surface area contributed by atoms with Gasteiger partial charge in [-0.25, -0.2) is 4.39 Å². The van der Waals surface area contributed by atoms with Gasteiger partial charge in [0.05, 0.1) is 18.8 Å². The molecule has 0 spiro atoms. The molecule has 1 aliphatic rings. The van der Waals surface area contributed by atoms with E-state index in [0.717, 1.165) is 5.56 Å². The summed E-state index contributed by atoms with van der Waals surface area (Å²) in [6.07, 6.45) is -0.107. The fourth-order valence-electron chi connectivity index (χ4n) is 1.64. The quantitative estimate of drug-likeness (QED) is 0.661. The molecule has 0 bridgehead atoms. The SMILES string of the molecule is C[C@H]1OCc2cccc(F)c2C1N. The number of ether oxygens (including phenoxy) is 1. The Labute approximate surface area is 76.5 Å². The molecule has 13 heavy (non-hydrogen) atoms. The van der Waals surface area contributed by atoms with Gasteiger partial charge in [-0.3, -0.25) is 0 Å². The van der Waals surface area contributed by atoms with Crippen molar-refractivity contribution < 1.29 is 9.13 Å². The van der Waals surface area contributed by atoms with Crippen LogP contribution in [0.3, 0.4) is 0 Å². The zero-order valence-electron chi connectivity index (χ0n) is 7.46. The fourth-order valence-corrected chi connectivity index (χ4v) is 1.64. The first-order chi connectivity index (χ1) is 6.20. The van der Waals surface area contributed by atoms with E-state index >= 15 is 0 Å². The summed E-state index contributed by atoms with van der Waals surface area (Å²) in [6, 6.07) is 4.63. The van der Waals surface area contributed by atoms with Gasteiger partial charge in [-0.1, -0.05) is 12.1 Å². The molecule has 1 aromatic rings. The molecule has 0 radical (unpaired) electrons. The Hall–Kier alpha value is -0.930. The molecule has 0 aliphatic carbocycles. The van der Waals surface area contributed by atoms with Crippen molar-refractivity contribution in [2.45, 2.75) is 25.7 Å². The first-order valence-corrected chi connectivity index (χ1v) is 4.34. The maximum Gasteiger partial charge on any atom is 0.128 e. The molecule has 1 aromatic carbocycles. The van der Waals surface area contributed by atoms with Gasteiger partial charge < -0.3 is 10.5 Å². The van der Waals surface area contributed by atoms with Crippen molar-refractivity contribution in [3.8, 4) is 0 Å². The molecule has 0 amide bonds. The molecule has 1 heterocycles. The zero-order valence-corrected chi connectivity index (χ0v) is 7.46. The highest BCUT2D eigenvalue weighted by molar-refractivity contribution is 5.33. The first-order valence-electron chi connectivity index (χ1n) is 4.34. The van der Waals surface area contributed by atoms with E-state index in [0.29, 0.717) is 12.2 Å². The van der Waals surface area contributed by atoms with Crippen molar-refractivity contribution in [1.29, 1.82) is 0 Å². The molecule has 0 fully saturated rings. The number of nitrogens with two attached hydrogens (primary N) is 1. The van der Waals surface area contributed by atoms with E-state index in [1.54, 1.807) is 6.07 Å². The van der Waals surface area contributed by atoms with Crippen LogP contribution in [0, 0.1) is 5.82 Å². The highest BCUT2D eigenvalue weighted by Gasteiger charge is 2.26. The van der Waals surface area contributed by atoms with Gasteiger partial charge in [0.25, 0.3) is 0 Å². The monoisotopic (exact) mass is 181 g/mol. The lowest BCUT2D eigenvalue weighted by atomic mass is 9.95. The van der Waals surface area contributed by atoms with Crippen molar-refractivity contribution in [1.82, 2.24) is 0 Å². The average molecular weight is 181 g/mol. The highest BCUT2D eigenvalue weighted by atomic mass is 19.1. The summed E-state index contributed by atoms with van der Waals surface area (Å²) in [5, 5.41) is 0. The first kappa shape index (κ1) is 8.66. The fraction of sp³-hybridized carbons (Fsp3) is 0.400. The van der Waals surface area contributed by atoms with Crippen LogP contribution in [0.25, 0.3) is 0 Å². The lowest BCUT2D eigenvalue weighted by Gasteiger charge is -2.28. The lowest BCUT2D eigenvalue weighted by Crippen LogP contribution is -2.32. The van der Waals surface area contributed by atoms with Crippen LogP contribution in [-0.2, 0) is 11.3 Å². The third kappa shape index (κ3) is 1.34. The van der Waals surface area contributed by atoms with Crippen LogP contribution in [0.4, 0.5) is 4.39 Å². The molecule has 2 nitrogen and oxygen atoms in total. The predicted octanol–water partition coefficient (Wildman–Crippen LogP) is 1.74. The van der Waals surface area contributed by atoms with Crippen molar-refractivity contribution in [3.05, 3.63) is 35.1 Å². The van der Waals surface area contributed by atoms with E-state index in [1.165, 1.54) is 6.07 Å². The number of fused-ring (bicyclic) bond motifs is 1. The third-order valence-electron chi connectivity index (χ3n) is 2.48. The second-order valence-corrected chi connectivity index (χ2v) is 3.35. The van der Waals surface area contributed by atoms with Gasteiger partial charge in [-0.05, 0) is 18.6 Å². The van der Waals surface area contributed by atoms with Crippen LogP contribution in [0.15, 0.2) is 18.2 Å². The van der Waals surface area contributed by atoms with Gasteiger partial charge >= 0.3 is 0 Å². The van der Waals surface area contributed by atoms with Gasteiger partial charge in [0, 0.05) is 5.56 Å². The minimum Gasteiger partial charge on any atom is -0.372 e. The summed E-state index contributed by atoms with van der Waals surface area (Å²) >= 11 is 0. The van der Waals surface area contributed by atoms with Crippen molar-refractivity contribution in [2.75, 3.05) is 0 Å². The van der Waals surface area contributed by atoms with Crippen molar-refractivity contribution in [3.63, 3.8) is 0 Å². The Morgan fingerprint density at radius 2 is 2.31 bits per heavy atom. The molecular weight excluding hydrogens is 169 g/mol. The lowest BCUT2D eigenvalue weighted by molar-refractivity contribution is 0.0199. The van der Waals surface area contributed by atoms with Crippen LogP contribution in [0.5, 0.6) is 0 Å². The molecule has 2 atom stereocenters. The molecule has 1 unspecified atom stereocenters. The normalized spacial score (nSPS) is 27.0. The van der Waals surface area contributed by atoms with Crippen LogP contribution in [0.2, 0.25) is 0 Å². The third-order valence-corrected chi connectivity index (χ3v) is 2.48. The van der Waals surface area contributed by atoms with Crippen molar-refractivity contribution >= 4 is 0 Å². The van der Waals surface area contributed by atoms with Crippen LogP contribution in [0.1, 0.15) is 24.1 Å². The van der Waals surface area contributed by atoms with Gasteiger partial charge in [-0.2, -0.15) is 0 Å². The Morgan fingerprint density at radius 1 is 1.54 bits per heavy atom. The molecule has 2 rings (SSSR count). The Bertz CT molecular complexity index is 327. The molecule has 0 saturated carbocycles. The largest absolute Gasteiger partial charge is 0.372 e. The molecule has 0 aromatic heterocycles. The number of benzene rings is 1. The van der Waals surface area contributed by atoms with Crippen LogP contribution in [-0.4, -0.2) is 6.10 Å². The minimum atomic E-state index is -0.343. The summed E-state index contributed by atoms with van der Waals surface area (Å²) in [4.78, 5) is 0. The van der Waals surface area contributed by atoms with Crippen molar-refractivity contribution in [2.24, 2.45) is 5.73 Å². The van der Waals surface area contributed by atoms with E-state index in [-0.39, 0.29) is 18.0 Å². The van der Waals surface area contributed by atoms with E-state index in [1.807, 2.05) is 13.0 Å². The van der Waals surface area contributed by atoms with Crippen LogP contribution >= 0.6 is 0 Å². The smallest absolute Gasteiger partial charge is 0.128 e. The number of rotatable bonds is 0. The molecular formula is C10H12FNO. The average Bonchev–Trinajstić information content (AvgIpc) is 2.12. The Balaban J connectivity index is 2.51. The topological polar surface area (TPSA) is 35.2 Å². The summed E-state index contributed by atoms with van der Waals surface area (Å²) in [5.41, 5.74) is 7.30. The molecule has 3 heteroatoms. The number of hydrogen-bond acceptors (Lipinski definition) is 2. The van der Waals surface area contributed by atoms with E-state index in [2.05, 4.69) is 0 Å². The molecule has 0 saturated heterocycles. The maximum atomic E-state index is 13.4. The standard InChI is InChI=1S/C10H12FNO/c1-6-10(12)9-7(5-13-6)3-2-4-8(9)11/h2-4,6,10H,5,12H2,1H3/t6-,10?/m1/s1. The van der Waals surface area contributed by atoms with Gasteiger partial charge in [0.2, 0.25) is 0 Å². The molecule has 1 aliphatic heterocycles. The Kier molecular flexibility index (Phi) is 2.06. The van der Waals surface area contributed by atoms with Gasteiger partial charge in [0.15, 0.2) is 0 Å². The van der Waals surface area contributed by atoms with Gasteiger partial charge in [0.1, 0.15) is 5.82 Å².